The molecule has 4 nitrogen and oxygen atoms in total. The summed E-state index contributed by atoms with van der Waals surface area (Å²) >= 11 is 0. The summed E-state index contributed by atoms with van der Waals surface area (Å²) < 4.78 is 14.8. The zero-order chi connectivity index (χ0) is 9.68. The average molecular weight is 186 g/mol. The van der Waals surface area contributed by atoms with E-state index >= 15 is 0 Å². The number of methoxy groups -OCH3 is 2. The predicted octanol–water partition coefficient (Wildman–Crippen LogP) is 0.725. The summed E-state index contributed by atoms with van der Waals surface area (Å²) in [5.41, 5.74) is 0. The van der Waals surface area contributed by atoms with Crippen LogP contribution in [-0.4, -0.2) is 33.1 Å². The van der Waals surface area contributed by atoms with Crippen molar-refractivity contribution < 1.29 is 19.0 Å². The van der Waals surface area contributed by atoms with Gasteiger partial charge < -0.3 is 14.2 Å². The van der Waals surface area contributed by atoms with E-state index in [1.54, 1.807) is 13.2 Å². The van der Waals surface area contributed by atoms with Gasteiger partial charge in [-0.05, 0) is 6.42 Å². The average Bonchev–Trinajstić information content (AvgIpc) is 2.61. The second kappa shape index (κ2) is 4.99. The lowest BCUT2D eigenvalue weighted by Crippen LogP contribution is -2.16. The molecule has 0 N–H and O–H groups in total. The highest BCUT2D eigenvalue weighted by atomic mass is 16.7. The lowest BCUT2D eigenvalue weighted by molar-refractivity contribution is -0.134. The Morgan fingerprint density at radius 3 is 2.92 bits per heavy atom. The van der Waals surface area contributed by atoms with Crippen molar-refractivity contribution in [2.75, 3.05) is 20.8 Å². The molecule has 0 aromatic rings. The lowest BCUT2D eigenvalue weighted by atomic mass is 10.1. The fourth-order valence-electron chi connectivity index (χ4n) is 1.28. The van der Waals surface area contributed by atoms with Crippen LogP contribution in [0, 0.1) is 5.92 Å². The van der Waals surface area contributed by atoms with Crippen molar-refractivity contribution in [1.29, 1.82) is 0 Å². The van der Waals surface area contributed by atoms with Crippen LogP contribution in [0.25, 0.3) is 0 Å². The maximum absolute atomic E-state index is 10.8. The Morgan fingerprint density at radius 1 is 1.54 bits per heavy atom. The van der Waals surface area contributed by atoms with Gasteiger partial charge in [0.1, 0.15) is 0 Å². The van der Waals surface area contributed by atoms with Crippen molar-refractivity contribution in [3.05, 3.63) is 12.2 Å². The summed E-state index contributed by atoms with van der Waals surface area (Å²) in [6.45, 7) is 0.675. The first-order valence-electron chi connectivity index (χ1n) is 4.18. The molecule has 1 fully saturated rings. The molecule has 0 aliphatic carbocycles. The quantitative estimate of drug-likeness (QED) is 0.481. The second-order valence-corrected chi connectivity index (χ2v) is 2.81. The third-order valence-electron chi connectivity index (χ3n) is 2.00. The molecule has 1 heterocycles. The minimum Gasteiger partial charge on any atom is -0.466 e. The van der Waals surface area contributed by atoms with Crippen LogP contribution in [0.15, 0.2) is 12.2 Å². The maximum Gasteiger partial charge on any atom is 0.330 e. The maximum atomic E-state index is 10.8. The van der Waals surface area contributed by atoms with Gasteiger partial charge in [0.2, 0.25) is 0 Å². The molecule has 1 rings (SSSR count). The first kappa shape index (κ1) is 10.2. The number of hydrogen-bond acceptors (Lipinski definition) is 4. The molecule has 0 amide bonds. The van der Waals surface area contributed by atoms with Crippen molar-refractivity contribution in [1.82, 2.24) is 0 Å². The Balaban J connectivity index is 2.43. The Kier molecular flexibility index (Phi) is 3.92. The molecule has 0 saturated carbocycles. The smallest absolute Gasteiger partial charge is 0.330 e. The Bertz CT molecular complexity index is 200. The van der Waals surface area contributed by atoms with Gasteiger partial charge in [-0.2, -0.15) is 0 Å². The van der Waals surface area contributed by atoms with E-state index < -0.39 is 0 Å². The third kappa shape index (κ3) is 2.82. The Morgan fingerprint density at radius 2 is 2.31 bits per heavy atom. The van der Waals surface area contributed by atoms with Gasteiger partial charge in [0.15, 0.2) is 6.29 Å². The van der Waals surface area contributed by atoms with Gasteiger partial charge >= 0.3 is 5.97 Å². The highest BCUT2D eigenvalue weighted by molar-refractivity contribution is 5.81. The fraction of sp³-hybridized carbons (Fsp3) is 0.667. The van der Waals surface area contributed by atoms with Crippen LogP contribution in [-0.2, 0) is 19.0 Å². The third-order valence-corrected chi connectivity index (χ3v) is 2.00. The molecular formula is C9H14O4. The first-order chi connectivity index (χ1) is 6.27. The van der Waals surface area contributed by atoms with Gasteiger partial charge in [0, 0.05) is 19.1 Å². The zero-order valence-corrected chi connectivity index (χ0v) is 7.86. The second-order valence-electron chi connectivity index (χ2n) is 2.81. The van der Waals surface area contributed by atoms with Gasteiger partial charge in [0.05, 0.1) is 13.7 Å². The molecule has 13 heavy (non-hydrogen) atoms. The number of carbonyl (C=O) groups excluding carboxylic acids is 1. The van der Waals surface area contributed by atoms with Gasteiger partial charge in [-0.1, -0.05) is 6.08 Å². The molecule has 1 unspecified atom stereocenters. The van der Waals surface area contributed by atoms with E-state index in [0.29, 0.717) is 6.61 Å². The lowest BCUT2D eigenvalue weighted by Gasteiger charge is -2.12. The van der Waals surface area contributed by atoms with E-state index in [1.807, 2.05) is 0 Å². The van der Waals surface area contributed by atoms with Crippen LogP contribution < -0.4 is 0 Å². The van der Waals surface area contributed by atoms with Gasteiger partial charge in [-0.15, -0.1) is 0 Å². The number of ether oxygens (including phenoxy) is 3. The minimum atomic E-state index is -0.346. The molecule has 0 spiro atoms. The van der Waals surface area contributed by atoms with Gasteiger partial charge in [0.25, 0.3) is 0 Å². The summed E-state index contributed by atoms with van der Waals surface area (Å²) in [7, 11) is 2.95. The highest BCUT2D eigenvalue weighted by Gasteiger charge is 2.25. The van der Waals surface area contributed by atoms with Crippen molar-refractivity contribution in [2.24, 2.45) is 5.92 Å². The Hall–Kier alpha value is -0.870. The van der Waals surface area contributed by atoms with Crippen LogP contribution in [0.4, 0.5) is 0 Å². The largest absolute Gasteiger partial charge is 0.466 e. The minimum absolute atomic E-state index is 0.157. The summed E-state index contributed by atoms with van der Waals surface area (Å²) in [5.74, 6) is -0.189. The summed E-state index contributed by atoms with van der Waals surface area (Å²) in [5, 5.41) is 0. The number of carbonyl (C=O) groups is 1. The molecule has 0 aromatic heterocycles. The summed E-state index contributed by atoms with van der Waals surface area (Å²) in [6.07, 6.45) is 3.84. The van der Waals surface area contributed by atoms with Crippen molar-refractivity contribution in [3.8, 4) is 0 Å². The number of esters is 1. The van der Waals surface area contributed by atoms with Crippen LogP contribution in [0.2, 0.25) is 0 Å². The molecule has 1 aliphatic heterocycles. The molecule has 74 valence electrons. The van der Waals surface area contributed by atoms with Crippen LogP contribution >= 0.6 is 0 Å². The van der Waals surface area contributed by atoms with Crippen LogP contribution in [0.3, 0.4) is 0 Å². The topological polar surface area (TPSA) is 44.8 Å². The Labute approximate surface area is 77.5 Å². The van der Waals surface area contributed by atoms with E-state index in [1.165, 1.54) is 13.2 Å². The summed E-state index contributed by atoms with van der Waals surface area (Å²) in [6, 6.07) is 0. The molecule has 1 saturated heterocycles. The summed E-state index contributed by atoms with van der Waals surface area (Å²) in [4.78, 5) is 10.8. The molecule has 0 radical (unpaired) electrons. The van der Waals surface area contributed by atoms with Crippen molar-refractivity contribution >= 4 is 5.97 Å². The fourth-order valence-corrected chi connectivity index (χ4v) is 1.28. The zero-order valence-electron chi connectivity index (χ0n) is 7.86. The monoisotopic (exact) mass is 186 g/mol. The molecule has 0 aromatic carbocycles. The van der Waals surface area contributed by atoms with E-state index in [0.717, 1.165) is 6.42 Å². The highest BCUT2D eigenvalue weighted by Crippen LogP contribution is 2.22. The van der Waals surface area contributed by atoms with E-state index in [2.05, 4.69) is 4.74 Å². The van der Waals surface area contributed by atoms with Crippen LogP contribution in [0.5, 0.6) is 0 Å². The van der Waals surface area contributed by atoms with Crippen LogP contribution in [0.1, 0.15) is 6.42 Å². The number of rotatable bonds is 3. The molecule has 2 atom stereocenters. The SMILES string of the molecule is COC(=O)/C=C/[C@@H]1CCOC1OC. The normalized spacial score (nSPS) is 28.2. The number of hydrogen-bond donors (Lipinski definition) is 0. The van der Waals surface area contributed by atoms with E-state index in [4.69, 9.17) is 9.47 Å². The molecule has 0 bridgehead atoms. The van der Waals surface area contributed by atoms with Crippen molar-refractivity contribution in [2.45, 2.75) is 12.7 Å². The van der Waals surface area contributed by atoms with E-state index in [-0.39, 0.29) is 18.2 Å². The molecular weight excluding hydrogens is 172 g/mol. The molecule has 4 heteroatoms. The first-order valence-corrected chi connectivity index (χ1v) is 4.18. The van der Waals surface area contributed by atoms with Gasteiger partial charge in [-0.25, -0.2) is 4.79 Å². The predicted molar refractivity (Wildman–Crippen MR) is 46.0 cm³/mol. The molecule has 1 aliphatic rings. The standard InChI is InChI=1S/C9H14O4/c1-11-8(10)4-3-7-5-6-13-9(7)12-2/h3-4,7,9H,5-6H2,1-2H3/b4-3+/t7-,9?/m1/s1. The van der Waals surface area contributed by atoms with Gasteiger partial charge in [-0.3, -0.25) is 0 Å². The van der Waals surface area contributed by atoms with Crippen molar-refractivity contribution in [3.63, 3.8) is 0 Å². The van der Waals surface area contributed by atoms with E-state index in [9.17, 15) is 4.79 Å².